The molecular weight excluding hydrogens is 384 g/mol. The molecule has 7 nitrogen and oxygen atoms in total. The van der Waals surface area contributed by atoms with Crippen molar-refractivity contribution >= 4 is 18.0 Å². The maximum absolute atomic E-state index is 12.3. The van der Waals surface area contributed by atoms with E-state index in [0.29, 0.717) is 0 Å². The van der Waals surface area contributed by atoms with Gasteiger partial charge in [-0.2, -0.15) is 0 Å². The van der Waals surface area contributed by atoms with Crippen molar-refractivity contribution in [2.24, 2.45) is 0 Å². The van der Waals surface area contributed by atoms with Crippen molar-refractivity contribution in [1.82, 2.24) is 10.2 Å². The molecule has 1 aliphatic rings. The van der Waals surface area contributed by atoms with E-state index < -0.39 is 24.1 Å². The second-order valence-electron chi connectivity index (χ2n) is 7.59. The second-order valence-corrected chi connectivity index (χ2v) is 7.59. The standard InChI is InChI=1S/C23H26N2O5/c1-14(12-21(26)25(3)15(2)22(27)28)24-23(29)30-13-20-18-10-6-4-8-16(18)17-9-5-7-11-19(17)20/h4-11,14-15,20H,12-13H2,1-3H3,(H,24,29)(H,27,28)/t14-,15-/m0/s1. The SMILES string of the molecule is C[C@@H](CC(=O)N(C)[C@@H](C)C(=O)O)NC(=O)OCC1c2ccccc2-c2ccccc21. The number of ether oxygens (including phenoxy) is 1. The van der Waals surface area contributed by atoms with Crippen LogP contribution < -0.4 is 5.32 Å². The summed E-state index contributed by atoms with van der Waals surface area (Å²) < 4.78 is 5.47. The summed E-state index contributed by atoms with van der Waals surface area (Å²) in [6, 6.07) is 14.7. The van der Waals surface area contributed by atoms with E-state index in [9.17, 15) is 14.4 Å². The molecule has 7 heteroatoms. The van der Waals surface area contributed by atoms with Gasteiger partial charge in [-0.3, -0.25) is 4.79 Å². The lowest BCUT2D eigenvalue weighted by Gasteiger charge is -2.23. The molecule has 2 aromatic rings. The van der Waals surface area contributed by atoms with Crippen LogP contribution in [0.2, 0.25) is 0 Å². The first kappa shape index (κ1) is 21.4. The predicted molar refractivity (Wildman–Crippen MR) is 112 cm³/mol. The van der Waals surface area contributed by atoms with Gasteiger partial charge in [0.2, 0.25) is 5.91 Å². The third-order valence-electron chi connectivity index (χ3n) is 5.52. The average Bonchev–Trinajstić information content (AvgIpc) is 3.04. The minimum absolute atomic E-state index is 0.0156. The lowest BCUT2D eigenvalue weighted by molar-refractivity contribution is -0.148. The molecule has 2 N–H and O–H groups in total. The topological polar surface area (TPSA) is 95.9 Å². The molecule has 2 aromatic carbocycles. The number of fused-ring (bicyclic) bond motifs is 3. The third-order valence-corrected chi connectivity index (χ3v) is 5.52. The molecule has 0 radical (unpaired) electrons. The summed E-state index contributed by atoms with van der Waals surface area (Å²) in [6.07, 6.45) is -0.621. The van der Waals surface area contributed by atoms with E-state index in [-0.39, 0.29) is 24.9 Å². The molecule has 3 rings (SSSR count). The van der Waals surface area contributed by atoms with Gasteiger partial charge in [0.15, 0.2) is 0 Å². The zero-order valence-electron chi connectivity index (χ0n) is 17.3. The van der Waals surface area contributed by atoms with Crippen LogP contribution in [0.4, 0.5) is 4.79 Å². The van der Waals surface area contributed by atoms with Gasteiger partial charge in [0.25, 0.3) is 0 Å². The predicted octanol–water partition coefficient (Wildman–Crippen LogP) is 3.24. The Bertz CT molecular complexity index is 913. The molecular formula is C23H26N2O5. The van der Waals surface area contributed by atoms with Crippen LogP contribution in [0, 0.1) is 0 Å². The van der Waals surface area contributed by atoms with E-state index in [1.54, 1.807) is 6.92 Å². The smallest absolute Gasteiger partial charge is 0.407 e. The molecule has 0 unspecified atom stereocenters. The van der Waals surface area contributed by atoms with Crippen LogP contribution in [0.1, 0.15) is 37.3 Å². The van der Waals surface area contributed by atoms with E-state index in [4.69, 9.17) is 9.84 Å². The summed E-state index contributed by atoms with van der Waals surface area (Å²) in [5.41, 5.74) is 4.55. The molecule has 0 saturated heterocycles. The molecule has 30 heavy (non-hydrogen) atoms. The number of aliphatic carboxylic acids is 1. The number of nitrogens with zero attached hydrogens (tertiary/aromatic N) is 1. The Balaban J connectivity index is 1.56. The first-order chi connectivity index (χ1) is 14.3. The van der Waals surface area contributed by atoms with Gasteiger partial charge in [0.1, 0.15) is 12.6 Å². The number of hydrogen-bond acceptors (Lipinski definition) is 4. The Hall–Kier alpha value is -3.35. The average molecular weight is 410 g/mol. The van der Waals surface area contributed by atoms with Gasteiger partial charge >= 0.3 is 12.1 Å². The number of carbonyl (C=O) groups is 3. The first-order valence-electron chi connectivity index (χ1n) is 9.89. The number of nitrogens with one attached hydrogen (secondary N) is 1. The van der Waals surface area contributed by atoms with E-state index in [1.165, 1.54) is 14.0 Å². The van der Waals surface area contributed by atoms with E-state index >= 15 is 0 Å². The van der Waals surface area contributed by atoms with Gasteiger partial charge in [-0.05, 0) is 36.1 Å². The Kier molecular flexibility index (Phi) is 6.40. The van der Waals surface area contributed by atoms with Gasteiger partial charge in [-0.25, -0.2) is 9.59 Å². The van der Waals surface area contributed by atoms with E-state index in [2.05, 4.69) is 17.4 Å². The molecule has 2 atom stereocenters. The van der Waals surface area contributed by atoms with Crippen molar-refractivity contribution < 1.29 is 24.2 Å². The summed E-state index contributed by atoms with van der Waals surface area (Å²) in [5.74, 6) is -1.48. The summed E-state index contributed by atoms with van der Waals surface area (Å²) in [7, 11) is 1.43. The fourth-order valence-corrected chi connectivity index (χ4v) is 3.68. The highest BCUT2D eigenvalue weighted by molar-refractivity contribution is 5.84. The number of carbonyl (C=O) groups excluding carboxylic acids is 2. The number of carboxylic acids is 1. The van der Waals surface area contributed by atoms with Crippen molar-refractivity contribution in [2.45, 2.75) is 38.3 Å². The number of carboxylic acid groups (broad SMARTS) is 1. The number of likely N-dealkylation sites (N-methyl/N-ethyl adjacent to an activating group) is 1. The molecule has 158 valence electrons. The van der Waals surface area contributed by atoms with Gasteiger partial charge in [-0.1, -0.05) is 48.5 Å². The van der Waals surface area contributed by atoms with E-state index in [1.807, 2.05) is 36.4 Å². The van der Waals surface area contributed by atoms with Crippen LogP contribution in [0.5, 0.6) is 0 Å². The zero-order chi connectivity index (χ0) is 21.8. The molecule has 0 heterocycles. The van der Waals surface area contributed by atoms with Crippen molar-refractivity contribution in [3.8, 4) is 11.1 Å². The number of amides is 2. The number of rotatable bonds is 7. The van der Waals surface area contributed by atoms with Crippen LogP contribution in [-0.2, 0) is 14.3 Å². The highest BCUT2D eigenvalue weighted by Crippen LogP contribution is 2.44. The third kappa shape index (κ3) is 4.45. The van der Waals surface area contributed by atoms with Gasteiger partial charge in [0, 0.05) is 25.4 Å². The van der Waals surface area contributed by atoms with E-state index in [0.717, 1.165) is 27.2 Å². The molecule has 0 saturated carbocycles. The van der Waals surface area contributed by atoms with Crippen LogP contribution in [0.15, 0.2) is 48.5 Å². The van der Waals surface area contributed by atoms with Gasteiger partial charge < -0.3 is 20.1 Å². The maximum atomic E-state index is 12.3. The summed E-state index contributed by atoms with van der Waals surface area (Å²) >= 11 is 0. The molecule has 2 amide bonds. The summed E-state index contributed by atoms with van der Waals surface area (Å²) in [4.78, 5) is 36.6. The molecule has 1 aliphatic carbocycles. The Morgan fingerprint density at radius 1 is 1.03 bits per heavy atom. The maximum Gasteiger partial charge on any atom is 0.407 e. The quantitative estimate of drug-likeness (QED) is 0.731. The highest BCUT2D eigenvalue weighted by Gasteiger charge is 2.29. The first-order valence-corrected chi connectivity index (χ1v) is 9.89. The molecule has 0 aliphatic heterocycles. The second kappa shape index (κ2) is 8.98. The Labute approximate surface area is 175 Å². The minimum atomic E-state index is -1.08. The number of benzene rings is 2. The van der Waals surface area contributed by atoms with Crippen molar-refractivity contribution in [2.75, 3.05) is 13.7 Å². The Morgan fingerprint density at radius 2 is 1.57 bits per heavy atom. The number of hydrogen-bond donors (Lipinski definition) is 2. The largest absolute Gasteiger partial charge is 0.480 e. The molecule has 0 fully saturated rings. The monoisotopic (exact) mass is 410 g/mol. The highest BCUT2D eigenvalue weighted by atomic mass is 16.5. The van der Waals surface area contributed by atoms with Crippen molar-refractivity contribution in [1.29, 1.82) is 0 Å². The normalized spacial score (nSPS) is 14.2. The zero-order valence-corrected chi connectivity index (χ0v) is 17.3. The Morgan fingerprint density at radius 3 is 2.10 bits per heavy atom. The van der Waals surface area contributed by atoms with Crippen molar-refractivity contribution in [3.05, 3.63) is 59.7 Å². The van der Waals surface area contributed by atoms with Crippen LogP contribution in [0.25, 0.3) is 11.1 Å². The fraction of sp³-hybridized carbons (Fsp3) is 0.348. The molecule has 0 spiro atoms. The lowest BCUT2D eigenvalue weighted by Crippen LogP contribution is -2.43. The summed E-state index contributed by atoms with van der Waals surface area (Å²) in [6.45, 7) is 3.30. The van der Waals surface area contributed by atoms with Gasteiger partial charge in [0.05, 0.1) is 0 Å². The van der Waals surface area contributed by atoms with Crippen LogP contribution in [0.3, 0.4) is 0 Å². The van der Waals surface area contributed by atoms with Crippen LogP contribution >= 0.6 is 0 Å². The minimum Gasteiger partial charge on any atom is -0.480 e. The van der Waals surface area contributed by atoms with Crippen molar-refractivity contribution in [3.63, 3.8) is 0 Å². The number of alkyl carbamates (subject to hydrolysis) is 1. The summed E-state index contributed by atoms with van der Waals surface area (Å²) in [5, 5.41) is 11.7. The fourth-order valence-electron chi connectivity index (χ4n) is 3.68. The van der Waals surface area contributed by atoms with Crippen LogP contribution in [-0.4, -0.2) is 53.7 Å². The molecule has 0 bridgehead atoms. The lowest BCUT2D eigenvalue weighted by atomic mass is 9.98. The van der Waals surface area contributed by atoms with Gasteiger partial charge in [-0.15, -0.1) is 0 Å². The molecule has 0 aromatic heterocycles.